The van der Waals surface area contributed by atoms with Gasteiger partial charge in [-0.05, 0) is 112 Å². The van der Waals surface area contributed by atoms with E-state index in [1.807, 2.05) is 102 Å². The van der Waals surface area contributed by atoms with E-state index in [0.717, 1.165) is 32.7 Å². The van der Waals surface area contributed by atoms with Crippen LogP contribution < -0.4 is 30.7 Å². The first kappa shape index (κ1) is 50.3. The number of carbonyl (C=O) groups is 2. The van der Waals surface area contributed by atoms with Crippen LogP contribution >= 0.6 is 0 Å². The van der Waals surface area contributed by atoms with Gasteiger partial charge in [0.05, 0.1) is 0 Å². The van der Waals surface area contributed by atoms with Crippen LogP contribution in [0.4, 0.5) is 21.0 Å². The molecule has 0 saturated carbocycles. The third-order valence-corrected chi connectivity index (χ3v) is 15.8. The number of benzene rings is 4. The summed E-state index contributed by atoms with van der Waals surface area (Å²) in [5, 5.41) is 15.2. The molecule has 0 radical (unpaired) electrons. The van der Waals surface area contributed by atoms with Gasteiger partial charge in [0.2, 0.25) is 0 Å². The highest BCUT2D eigenvalue weighted by molar-refractivity contribution is 6.61. The third-order valence-electron chi connectivity index (χ3n) is 9.47. The van der Waals surface area contributed by atoms with Crippen LogP contribution in [-0.2, 0) is 36.0 Å². The molecule has 4 aromatic carbocycles. The number of fused-ring (bicyclic) bond motifs is 2. The summed E-state index contributed by atoms with van der Waals surface area (Å²) in [6.07, 6.45) is 1.27. The van der Waals surface area contributed by atoms with Crippen LogP contribution in [0.5, 0.6) is 11.5 Å². The van der Waals surface area contributed by atoms with Gasteiger partial charge in [0, 0.05) is 102 Å². The van der Waals surface area contributed by atoms with E-state index in [-0.39, 0.29) is 25.6 Å². The molecule has 62 heavy (non-hydrogen) atoms. The molecular weight excluding hydrogens is 833 g/mol. The highest BCUT2D eigenvalue weighted by atomic mass is 28.4. The first-order valence-electron chi connectivity index (χ1n) is 21.4. The van der Waals surface area contributed by atoms with Crippen LogP contribution in [0, 0.1) is 0 Å². The predicted octanol–water partition coefficient (Wildman–Crippen LogP) is 8.75. The second-order valence-electron chi connectivity index (χ2n) is 13.8. The van der Waals surface area contributed by atoms with Gasteiger partial charge in [0.15, 0.2) is 13.6 Å². The highest BCUT2D eigenvalue weighted by Gasteiger charge is 2.40. The predicted molar refractivity (Wildman–Crippen MR) is 246 cm³/mol. The quantitative estimate of drug-likeness (QED) is 0.0232. The molecule has 0 aliphatic rings. The summed E-state index contributed by atoms with van der Waals surface area (Å²) in [6.45, 7) is 15.4. The van der Waals surface area contributed by atoms with Gasteiger partial charge < -0.3 is 66.8 Å². The van der Waals surface area contributed by atoms with E-state index < -0.39 is 17.6 Å². The van der Waals surface area contributed by atoms with Crippen molar-refractivity contribution in [3.8, 4) is 22.6 Å². The molecule has 16 nitrogen and oxygen atoms in total. The Balaban J connectivity index is 1.58. The minimum absolute atomic E-state index is 0.00982. The van der Waals surface area contributed by atoms with Crippen molar-refractivity contribution >= 4 is 62.6 Å². The molecule has 0 aliphatic carbocycles. The van der Waals surface area contributed by atoms with Gasteiger partial charge in [-0.25, -0.2) is 9.59 Å². The first-order chi connectivity index (χ1) is 30.1. The molecule has 342 valence electrons. The number of urea groups is 2. The molecule has 0 aromatic heterocycles. The molecule has 0 aliphatic heterocycles. The fourth-order valence-electron chi connectivity index (χ4n) is 7.14. The van der Waals surface area contributed by atoms with Gasteiger partial charge in [-0.3, -0.25) is 0 Å². The largest absolute Gasteiger partial charge is 0.500 e. The van der Waals surface area contributed by atoms with Gasteiger partial charge in [-0.1, -0.05) is 24.3 Å². The van der Waals surface area contributed by atoms with Gasteiger partial charge in [-0.2, -0.15) is 0 Å². The second-order valence-corrected chi connectivity index (χ2v) is 19.2. The van der Waals surface area contributed by atoms with Crippen molar-refractivity contribution in [2.75, 3.05) is 91.2 Å². The number of nitrogens with one attached hydrogen (secondary N) is 4. The molecule has 4 amide bonds. The number of hydrogen-bond donors (Lipinski definition) is 4. The van der Waals surface area contributed by atoms with E-state index in [1.165, 1.54) is 0 Å². The number of rotatable bonds is 29. The average Bonchev–Trinajstić information content (AvgIpc) is 3.25. The second kappa shape index (κ2) is 26.3. The third kappa shape index (κ3) is 14.3. The summed E-state index contributed by atoms with van der Waals surface area (Å²) in [5.41, 5.74) is 2.72. The number of carbonyl (C=O) groups excluding carboxylic acids is 2. The molecule has 4 rings (SSSR count). The first-order valence-corrected chi connectivity index (χ1v) is 25.3. The maximum Gasteiger partial charge on any atom is 0.500 e. The Hall–Kier alpha value is -4.35. The fraction of sp³-hybridized carbons (Fsp3) is 0.500. The van der Waals surface area contributed by atoms with Gasteiger partial charge in [-0.15, -0.1) is 0 Å². The lowest BCUT2D eigenvalue weighted by atomic mass is 9.92. The normalized spacial score (nSPS) is 11.8. The minimum Gasteiger partial charge on any atom is -0.467 e. The SMILES string of the molecule is CCO[Si](CCCNC(=O)Nc1ccc2c(-c3c(OCOC)ccc4cc(NC(=O)NCCC[Si](OCC)(OCC)OCC)ccc34)c(OCOC)ccc2c1)(OCC)OCC. The molecule has 0 unspecified atom stereocenters. The summed E-state index contributed by atoms with van der Waals surface area (Å²) in [6, 6.07) is 19.5. The molecule has 18 heteroatoms. The van der Waals surface area contributed by atoms with Crippen molar-refractivity contribution in [1.82, 2.24) is 10.6 Å². The fourth-order valence-corrected chi connectivity index (χ4v) is 12.4. The number of hydrogen-bond acceptors (Lipinski definition) is 12. The Morgan fingerprint density at radius 2 is 0.855 bits per heavy atom. The standard InChI is InChI=1S/C44H66N4O12Si2/c1-9-55-61(56-10-2,57-11-3)27-15-25-45-43(49)47-35-19-21-37-33(29-35)17-23-39(53-31-51-7)41(37)42-38-22-20-36(30-34(38)18-24-40(42)54-32-52-8)48-44(50)46-26-16-28-62(58-12-4,59-13-5)60-14-6/h17-24,29-30H,9-16,25-28,31-32H2,1-8H3,(H2,45,47,49)(H2,46,48,50). The highest BCUT2D eigenvalue weighted by Crippen LogP contribution is 2.46. The number of anilines is 2. The van der Waals surface area contributed by atoms with Crippen LogP contribution in [0.2, 0.25) is 12.1 Å². The molecule has 0 heterocycles. The topological polar surface area (TPSA) is 175 Å². The Morgan fingerprint density at radius 3 is 1.18 bits per heavy atom. The maximum absolute atomic E-state index is 13.1. The summed E-state index contributed by atoms with van der Waals surface area (Å²) in [7, 11) is -2.49. The molecule has 0 atom stereocenters. The molecule has 4 aromatic rings. The number of amides is 4. The van der Waals surface area contributed by atoms with Crippen LogP contribution in [0.25, 0.3) is 32.7 Å². The molecule has 4 N–H and O–H groups in total. The van der Waals surface area contributed by atoms with Crippen molar-refractivity contribution in [2.24, 2.45) is 0 Å². The van der Waals surface area contributed by atoms with Gasteiger partial charge >= 0.3 is 29.7 Å². The van der Waals surface area contributed by atoms with Crippen LogP contribution in [-0.4, -0.2) is 110 Å². The van der Waals surface area contributed by atoms with Crippen LogP contribution in [0.1, 0.15) is 54.4 Å². The Morgan fingerprint density at radius 1 is 0.500 bits per heavy atom. The summed E-state index contributed by atoms with van der Waals surface area (Å²) in [5.74, 6) is 1.12. The van der Waals surface area contributed by atoms with Crippen molar-refractivity contribution in [3.63, 3.8) is 0 Å². The van der Waals surface area contributed by atoms with E-state index in [0.29, 0.717) is 101 Å². The zero-order valence-corrected chi connectivity index (χ0v) is 39.6. The minimum atomic E-state index is -2.81. The smallest absolute Gasteiger partial charge is 0.467 e. The lowest BCUT2D eigenvalue weighted by Crippen LogP contribution is -2.46. The zero-order chi connectivity index (χ0) is 44.8. The summed E-state index contributed by atoms with van der Waals surface area (Å²) < 4.78 is 58.6. The van der Waals surface area contributed by atoms with E-state index in [2.05, 4.69) is 21.3 Å². The van der Waals surface area contributed by atoms with Crippen molar-refractivity contribution in [3.05, 3.63) is 60.7 Å². The monoisotopic (exact) mass is 898 g/mol. The van der Waals surface area contributed by atoms with E-state index in [1.54, 1.807) is 14.2 Å². The molecular formula is C44H66N4O12Si2. The van der Waals surface area contributed by atoms with Crippen molar-refractivity contribution < 1.29 is 55.1 Å². The Bertz CT molecular complexity index is 1830. The molecule has 0 saturated heterocycles. The number of ether oxygens (including phenoxy) is 4. The van der Waals surface area contributed by atoms with Crippen LogP contribution in [0.3, 0.4) is 0 Å². The van der Waals surface area contributed by atoms with Gasteiger partial charge in [0.1, 0.15) is 11.5 Å². The van der Waals surface area contributed by atoms with Gasteiger partial charge in [0.25, 0.3) is 0 Å². The molecule has 0 bridgehead atoms. The average molecular weight is 899 g/mol. The Kier molecular flexibility index (Phi) is 21.4. The lowest BCUT2D eigenvalue weighted by molar-refractivity contribution is 0.0502. The van der Waals surface area contributed by atoms with Crippen molar-refractivity contribution in [1.29, 1.82) is 0 Å². The molecule has 0 spiro atoms. The van der Waals surface area contributed by atoms with Crippen molar-refractivity contribution in [2.45, 2.75) is 66.5 Å². The molecule has 0 fully saturated rings. The van der Waals surface area contributed by atoms with Crippen LogP contribution in [0.15, 0.2) is 60.7 Å². The van der Waals surface area contributed by atoms with E-state index >= 15 is 0 Å². The lowest BCUT2D eigenvalue weighted by Gasteiger charge is -2.28. The van der Waals surface area contributed by atoms with E-state index in [4.69, 9.17) is 45.5 Å². The zero-order valence-electron chi connectivity index (χ0n) is 37.6. The number of methoxy groups -OCH3 is 2. The summed E-state index contributed by atoms with van der Waals surface area (Å²) >= 11 is 0. The van der Waals surface area contributed by atoms with E-state index in [9.17, 15) is 9.59 Å². The Labute approximate surface area is 368 Å². The summed E-state index contributed by atoms with van der Waals surface area (Å²) in [4.78, 5) is 26.1. The maximum atomic E-state index is 13.1.